The second-order valence-corrected chi connectivity index (χ2v) is 7.69. The van der Waals surface area contributed by atoms with Crippen LogP contribution in [0.2, 0.25) is 0 Å². The van der Waals surface area contributed by atoms with Gasteiger partial charge in [0.2, 0.25) is 10.0 Å². The van der Waals surface area contributed by atoms with E-state index in [4.69, 9.17) is 0 Å². The summed E-state index contributed by atoms with van der Waals surface area (Å²) in [5.74, 6) is -0.142. The Labute approximate surface area is 139 Å². The summed E-state index contributed by atoms with van der Waals surface area (Å²) in [4.78, 5) is 0.175. The molecule has 2 N–H and O–H groups in total. The largest absolute Gasteiger partial charge is 0.395 e. The number of halogens is 1. The molecule has 0 aliphatic rings. The Balaban J connectivity index is 2.20. The van der Waals surface area contributed by atoms with Gasteiger partial charge >= 0.3 is 0 Å². The number of aliphatic hydroxyl groups excluding tert-OH is 1. The van der Waals surface area contributed by atoms with Crippen LogP contribution in [-0.2, 0) is 10.0 Å². The molecule has 0 aliphatic heterocycles. The molecule has 0 aliphatic carbocycles. The highest BCUT2D eigenvalue weighted by Gasteiger charge is 2.24. The fourth-order valence-electron chi connectivity index (χ4n) is 2.17. The number of aliphatic hydroxyl groups is 1. The molecule has 0 heterocycles. The lowest BCUT2D eigenvalue weighted by Crippen LogP contribution is -2.41. The molecule has 0 bridgehead atoms. The molecule has 2 rings (SSSR count). The van der Waals surface area contributed by atoms with Crippen molar-refractivity contribution >= 4 is 26.0 Å². The van der Waals surface area contributed by atoms with E-state index in [2.05, 4.69) is 20.7 Å². The van der Waals surface area contributed by atoms with Gasteiger partial charge in [-0.2, -0.15) is 0 Å². The first-order valence-electron chi connectivity index (χ1n) is 6.88. The van der Waals surface area contributed by atoms with Crippen molar-refractivity contribution < 1.29 is 13.5 Å². The molecule has 0 aromatic heterocycles. The average Bonchev–Trinajstić information content (AvgIpc) is 2.53. The predicted molar refractivity (Wildman–Crippen MR) is 90.2 cm³/mol. The fourth-order valence-corrected chi connectivity index (χ4v) is 3.74. The van der Waals surface area contributed by atoms with E-state index in [9.17, 15) is 13.5 Å². The van der Waals surface area contributed by atoms with E-state index >= 15 is 0 Å². The molecular formula is C16H18BrNO3S. The molecule has 2 unspecified atom stereocenters. The third-order valence-corrected chi connectivity index (χ3v) is 5.59. The molecule has 2 aromatic rings. The van der Waals surface area contributed by atoms with Gasteiger partial charge in [0.15, 0.2) is 0 Å². The molecule has 0 amide bonds. The van der Waals surface area contributed by atoms with Crippen molar-refractivity contribution in [2.45, 2.75) is 23.8 Å². The van der Waals surface area contributed by atoms with Crippen LogP contribution < -0.4 is 4.72 Å². The maximum Gasteiger partial charge on any atom is 0.240 e. The first-order chi connectivity index (χ1) is 10.4. The molecule has 0 saturated carbocycles. The van der Waals surface area contributed by atoms with Crippen LogP contribution in [-0.4, -0.2) is 26.2 Å². The number of hydrogen-bond donors (Lipinski definition) is 2. The van der Waals surface area contributed by atoms with Gasteiger partial charge in [-0.15, -0.1) is 0 Å². The van der Waals surface area contributed by atoms with E-state index in [1.54, 1.807) is 12.1 Å². The Morgan fingerprint density at radius 3 is 2.23 bits per heavy atom. The molecule has 2 atom stereocenters. The van der Waals surface area contributed by atoms with Gasteiger partial charge in [-0.05, 0) is 35.7 Å². The second kappa shape index (κ2) is 7.37. The van der Waals surface area contributed by atoms with Crippen LogP contribution in [0.1, 0.15) is 18.4 Å². The molecule has 118 valence electrons. The zero-order chi connectivity index (χ0) is 16.2. The quantitative estimate of drug-likeness (QED) is 0.805. The molecule has 4 nitrogen and oxygen atoms in total. The van der Waals surface area contributed by atoms with Crippen LogP contribution in [0.5, 0.6) is 0 Å². The highest BCUT2D eigenvalue weighted by Crippen LogP contribution is 2.21. The van der Waals surface area contributed by atoms with Crippen molar-refractivity contribution in [1.29, 1.82) is 0 Å². The van der Waals surface area contributed by atoms with Crippen LogP contribution in [0.4, 0.5) is 0 Å². The maximum absolute atomic E-state index is 12.4. The van der Waals surface area contributed by atoms with Crippen molar-refractivity contribution in [2.75, 3.05) is 6.61 Å². The summed E-state index contributed by atoms with van der Waals surface area (Å²) >= 11 is 3.28. The normalized spacial score (nSPS) is 14.5. The third-order valence-electron chi connectivity index (χ3n) is 3.56. The molecule has 22 heavy (non-hydrogen) atoms. The van der Waals surface area contributed by atoms with Gasteiger partial charge in [-0.25, -0.2) is 13.1 Å². The van der Waals surface area contributed by atoms with Crippen LogP contribution in [0, 0.1) is 0 Å². The highest BCUT2D eigenvalue weighted by atomic mass is 79.9. The second-order valence-electron chi connectivity index (χ2n) is 5.06. The van der Waals surface area contributed by atoms with Crippen molar-refractivity contribution in [3.63, 3.8) is 0 Å². The van der Waals surface area contributed by atoms with Crippen LogP contribution >= 0.6 is 15.9 Å². The van der Waals surface area contributed by atoms with E-state index in [1.165, 1.54) is 12.1 Å². The van der Waals surface area contributed by atoms with Crippen molar-refractivity contribution in [3.8, 4) is 0 Å². The van der Waals surface area contributed by atoms with E-state index < -0.39 is 16.1 Å². The number of sulfonamides is 1. The Bertz CT molecular complexity index is 702. The van der Waals surface area contributed by atoms with E-state index in [0.717, 1.165) is 10.0 Å². The molecular weight excluding hydrogens is 366 g/mol. The SMILES string of the molecule is CC(c1ccccc1)C(CO)NS(=O)(=O)c1ccc(Br)cc1. The molecule has 2 aromatic carbocycles. The highest BCUT2D eigenvalue weighted by molar-refractivity contribution is 9.10. The summed E-state index contributed by atoms with van der Waals surface area (Å²) < 4.78 is 28.2. The lowest BCUT2D eigenvalue weighted by Gasteiger charge is -2.23. The fraction of sp³-hybridized carbons (Fsp3) is 0.250. The molecule has 6 heteroatoms. The predicted octanol–water partition coefficient (Wildman–Crippen LogP) is 2.89. The van der Waals surface area contributed by atoms with Gasteiger partial charge in [0, 0.05) is 4.47 Å². The molecule has 0 saturated heterocycles. The lowest BCUT2D eigenvalue weighted by molar-refractivity contribution is 0.242. The van der Waals surface area contributed by atoms with Crippen LogP contribution in [0.15, 0.2) is 64.0 Å². The first-order valence-corrected chi connectivity index (χ1v) is 9.15. The maximum atomic E-state index is 12.4. The third kappa shape index (κ3) is 4.16. The monoisotopic (exact) mass is 383 g/mol. The zero-order valence-corrected chi connectivity index (χ0v) is 14.5. The summed E-state index contributed by atoms with van der Waals surface area (Å²) in [6.07, 6.45) is 0. The van der Waals surface area contributed by atoms with Crippen molar-refractivity contribution in [2.24, 2.45) is 0 Å². The number of rotatable bonds is 6. The van der Waals surface area contributed by atoms with Crippen LogP contribution in [0.25, 0.3) is 0 Å². The van der Waals surface area contributed by atoms with E-state index in [-0.39, 0.29) is 17.4 Å². The minimum atomic E-state index is -3.67. The number of hydrogen-bond acceptors (Lipinski definition) is 3. The van der Waals surface area contributed by atoms with Gasteiger partial charge in [0.05, 0.1) is 17.5 Å². The Hall–Kier alpha value is -1.21. The van der Waals surface area contributed by atoms with Crippen molar-refractivity contribution in [1.82, 2.24) is 4.72 Å². The summed E-state index contributed by atoms with van der Waals surface area (Å²) in [5, 5.41) is 9.58. The molecule has 0 spiro atoms. The topological polar surface area (TPSA) is 66.4 Å². The summed E-state index contributed by atoms with van der Waals surface area (Å²) in [6, 6.07) is 15.3. The average molecular weight is 384 g/mol. The standard InChI is InChI=1S/C16H18BrNO3S/c1-12(13-5-3-2-4-6-13)16(11-19)18-22(20,21)15-9-7-14(17)8-10-15/h2-10,12,16,18-19H,11H2,1H3. The van der Waals surface area contributed by atoms with E-state index in [1.807, 2.05) is 37.3 Å². The summed E-state index contributed by atoms with van der Waals surface area (Å²) in [7, 11) is -3.67. The van der Waals surface area contributed by atoms with Gasteiger partial charge in [-0.1, -0.05) is 53.2 Å². The Kier molecular flexibility index (Phi) is 5.74. The summed E-state index contributed by atoms with van der Waals surface area (Å²) in [6.45, 7) is 1.62. The number of benzene rings is 2. The summed E-state index contributed by atoms with van der Waals surface area (Å²) in [5.41, 5.74) is 0.972. The lowest BCUT2D eigenvalue weighted by atomic mass is 9.94. The molecule has 0 fully saturated rings. The van der Waals surface area contributed by atoms with Gasteiger partial charge in [0.1, 0.15) is 0 Å². The smallest absolute Gasteiger partial charge is 0.240 e. The van der Waals surface area contributed by atoms with Gasteiger partial charge < -0.3 is 5.11 Å². The zero-order valence-electron chi connectivity index (χ0n) is 12.1. The Morgan fingerprint density at radius 1 is 1.09 bits per heavy atom. The van der Waals surface area contributed by atoms with Crippen LogP contribution in [0.3, 0.4) is 0 Å². The Morgan fingerprint density at radius 2 is 1.68 bits per heavy atom. The number of nitrogens with one attached hydrogen (secondary N) is 1. The van der Waals surface area contributed by atoms with Gasteiger partial charge in [0.25, 0.3) is 0 Å². The molecule has 0 radical (unpaired) electrons. The minimum absolute atomic E-state index is 0.142. The van der Waals surface area contributed by atoms with E-state index in [0.29, 0.717) is 0 Å². The first kappa shape index (κ1) is 17.1. The minimum Gasteiger partial charge on any atom is -0.395 e. The van der Waals surface area contributed by atoms with Gasteiger partial charge in [-0.3, -0.25) is 0 Å². The van der Waals surface area contributed by atoms with Crippen molar-refractivity contribution in [3.05, 3.63) is 64.6 Å².